The van der Waals surface area contributed by atoms with E-state index in [9.17, 15) is 9.59 Å². The smallest absolute Gasteiger partial charge is 0.267 e. The lowest BCUT2D eigenvalue weighted by Crippen LogP contribution is -2.33. The van der Waals surface area contributed by atoms with E-state index in [-0.39, 0.29) is 11.5 Å². The standard InChI is InChI=1S/C20H18ClN3O3/c1-13(20(26)22-18-9-4-3-8-16(18)21)24-19(25)11-10-17(23-24)14-6-5-7-15(12-14)27-2/h3-13H,1-2H3,(H,22,26). The van der Waals surface area contributed by atoms with Crippen LogP contribution in [0.2, 0.25) is 5.02 Å². The summed E-state index contributed by atoms with van der Waals surface area (Å²) in [5.41, 5.74) is 1.45. The van der Waals surface area contributed by atoms with Gasteiger partial charge in [-0.25, -0.2) is 4.68 Å². The van der Waals surface area contributed by atoms with Crippen molar-refractivity contribution < 1.29 is 9.53 Å². The highest BCUT2D eigenvalue weighted by molar-refractivity contribution is 6.33. The first-order valence-corrected chi connectivity index (χ1v) is 8.67. The number of nitrogens with zero attached hydrogens (tertiary/aromatic N) is 2. The second-order valence-corrected chi connectivity index (χ2v) is 6.29. The van der Waals surface area contributed by atoms with Crippen LogP contribution in [0.25, 0.3) is 11.3 Å². The van der Waals surface area contributed by atoms with Crippen LogP contribution in [0.4, 0.5) is 5.69 Å². The van der Waals surface area contributed by atoms with Crippen LogP contribution in [0.15, 0.2) is 65.5 Å². The lowest BCUT2D eigenvalue weighted by Gasteiger charge is -2.15. The molecule has 0 saturated heterocycles. The molecule has 0 radical (unpaired) electrons. The average Bonchev–Trinajstić information content (AvgIpc) is 2.69. The molecule has 1 unspecified atom stereocenters. The van der Waals surface area contributed by atoms with Crippen LogP contribution in [-0.2, 0) is 4.79 Å². The number of methoxy groups -OCH3 is 1. The van der Waals surface area contributed by atoms with E-state index in [0.29, 0.717) is 22.2 Å². The lowest BCUT2D eigenvalue weighted by atomic mass is 10.1. The number of carbonyl (C=O) groups is 1. The number of hydrogen-bond donors (Lipinski definition) is 1. The molecule has 2 aromatic carbocycles. The zero-order chi connectivity index (χ0) is 19.4. The number of hydrogen-bond acceptors (Lipinski definition) is 4. The van der Waals surface area contributed by atoms with Crippen molar-refractivity contribution in [3.63, 3.8) is 0 Å². The molecule has 0 aliphatic rings. The molecule has 27 heavy (non-hydrogen) atoms. The van der Waals surface area contributed by atoms with Gasteiger partial charge in [0.15, 0.2) is 0 Å². The van der Waals surface area contributed by atoms with Crippen LogP contribution >= 0.6 is 11.6 Å². The van der Waals surface area contributed by atoms with Gasteiger partial charge in [0.25, 0.3) is 5.56 Å². The molecule has 0 saturated carbocycles. The lowest BCUT2D eigenvalue weighted by molar-refractivity contribution is -0.119. The largest absolute Gasteiger partial charge is 0.497 e. The number of carbonyl (C=O) groups excluding carboxylic acids is 1. The Morgan fingerprint density at radius 1 is 1.15 bits per heavy atom. The monoisotopic (exact) mass is 383 g/mol. The van der Waals surface area contributed by atoms with Crippen LogP contribution in [0.5, 0.6) is 5.75 Å². The molecule has 1 atom stereocenters. The number of halogens is 1. The van der Waals surface area contributed by atoms with Crippen molar-refractivity contribution in [2.24, 2.45) is 0 Å². The first-order chi connectivity index (χ1) is 13.0. The summed E-state index contributed by atoms with van der Waals surface area (Å²) in [5.74, 6) is 0.289. The number of rotatable bonds is 5. The summed E-state index contributed by atoms with van der Waals surface area (Å²) in [6, 6.07) is 16.4. The van der Waals surface area contributed by atoms with Gasteiger partial charge in [-0.3, -0.25) is 9.59 Å². The van der Waals surface area contributed by atoms with E-state index in [2.05, 4.69) is 10.4 Å². The fraction of sp³-hybridized carbons (Fsp3) is 0.150. The third-order valence-corrected chi connectivity index (χ3v) is 4.40. The molecule has 6 nitrogen and oxygen atoms in total. The quantitative estimate of drug-likeness (QED) is 0.727. The number of para-hydroxylation sites is 1. The van der Waals surface area contributed by atoms with Gasteiger partial charge in [0.05, 0.1) is 23.5 Å². The molecule has 1 heterocycles. The molecule has 3 aromatic rings. The molecule has 0 spiro atoms. The molecule has 7 heteroatoms. The maximum atomic E-state index is 12.6. The van der Waals surface area contributed by atoms with E-state index in [1.54, 1.807) is 44.4 Å². The van der Waals surface area contributed by atoms with Crippen LogP contribution in [0.3, 0.4) is 0 Å². The predicted molar refractivity (Wildman–Crippen MR) is 105 cm³/mol. The summed E-state index contributed by atoms with van der Waals surface area (Å²) < 4.78 is 6.37. The number of benzene rings is 2. The van der Waals surface area contributed by atoms with Crippen molar-refractivity contribution in [2.45, 2.75) is 13.0 Å². The van der Waals surface area contributed by atoms with E-state index in [1.165, 1.54) is 6.07 Å². The molecule has 0 bridgehead atoms. The highest BCUT2D eigenvalue weighted by Crippen LogP contribution is 2.23. The van der Waals surface area contributed by atoms with E-state index >= 15 is 0 Å². The summed E-state index contributed by atoms with van der Waals surface area (Å²) in [6.07, 6.45) is 0. The number of amides is 1. The average molecular weight is 384 g/mol. The van der Waals surface area contributed by atoms with E-state index in [0.717, 1.165) is 10.2 Å². The normalized spacial score (nSPS) is 11.7. The SMILES string of the molecule is COc1cccc(-c2ccc(=O)n(C(C)C(=O)Nc3ccccc3Cl)n2)c1. The minimum atomic E-state index is -0.820. The zero-order valence-electron chi connectivity index (χ0n) is 14.8. The Morgan fingerprint density at radius 3 is 2.67 bits per heavy atom. The predicted octanol–water partition coefficient (Wildman–Crippen LogP) is 3.77. The molecule has 0 aliphatic heterocycles. The summed E-state index contributed by atoms with van der Waals surface area (Å²) in [6.45, 7) is 1.61. The maximum Gasteiger partial charge on any atom is 0.267 e. The van der Waals surface area contributed by atoms with Crippen LogP contribution in [-0.4, -0.2) is 22.8 Å². The number of nitrogens with one attached hydrogen (secondary N) is 1. The van der Waals surface area contributed by atoms with Crippen molar-refractivity contribution in [3.8, 4) is 17.0 Å². The third-order valence-electron chi connectivity index (χ3n) is 4.07. The van der Waals surface area contributed by atoms with Gasteiger partial charge >= 0.3 is 0 Å². The number of anilines is 1. The van der Waals surface area contributed by atoms with Crippen molar-refractivity contribution in [2.75, 3.05) is 12.4 Å². The minimum Gasteiger partial charge on any atom is -0.497 e. The summed E-state index contributed by atoms with van der Waals surface area (Å²) >= 11 is 6.07. The zero-order valence-corrected chi connectivity index (χ0v) is 15.6. The van der Waals surface area contributed by atoms with E-state index in [4.69, 9.17) is 16.3 Å². The number of ether oxygens (including phenoxy) is 1. The molecular formula is C20H18ClN3O3. The van der Waals surface area contributed by atoms with E-state index < -0.39 is 6.04 Å². The van der Waals surface area contributed by atoms with Crippen LogP contribution < -0.4 is 15.6 Å². The second kappa shape index (κ2) is 8.05. The Balaban J connectivity index is 1.90. The van der Waals surface area contributed by atoms with Gasteiger partial charge in [-0.15, -0.1) is 0 Å². The molecule has 138 valence electrons. The van der Waals surface area contributed by atoms with Crippen molar-refractivity contribution in [1.29, 1.82) is 0 Å². The van der Waals surface area contributed by atoms with Crippen molar-refractivity contribution in [1.82, 2.24) is 9.78 Å². The highest BCUT2D eigenvalue weighted by Gasteiger charge is 2.19. The molecule has 1 aromatic heterocycles. The Morgan fingerprint density at radius 2 is 1.93 bits per heavy atom. The third kappa shape index (κ3) is 4.17. The maximum absolute atomic E-state index is 12.6. The van der Waals surface area contributed by atoms with Gasteiger partial charge in [0.2, 0.25) is 5.91 Å². The van der Waals surface area contributed by atoms with Gasteiger partial charge in [0.1, 0.15) is 11.8 Å². The summed E-state index contributed by atoms with van der Waals surface area (Å²) in [5, 5.41) is 7.50. The van der Waals surface area contributed by atoms with E-state index in [1.807, 2.05) is 24.3 Å². The van der Waals surface area contributed by atoms with Crippen LogP contribution in [0.1, 0.15) is 13.0 Å². The summed E-state index contributed by atoms with van der Waals surface area (Å²) in [4.78, 5) is 24.8. The molecule has 0 fully saturated rings. The Labute approximate surface area is 161 Å². The Hall–Kier alpha value is -3.12. The van der Waals surface area contributed by atoms with Gasteiger partial charge < -0.3 is 10.1 Å². The first kappa shape index (κ1) is 18.7. The molecule has 3 rings (SSSR count). The van der Waals surface area contributed by atoms with Crippen LogP contribution in [0, 0.1) is 0 Å². The van der Waals surface area contributed by atoms with Gasteiger partial charge in [-0.2, -0.15) is 5.10 Å². The highest BCUT2D eigenvalue weighted by atomic mass is 35.5. The molecule has 1 N–H and O–H groups in total. The molecule has 1 amide bonds. The summed E-state index contributed by atoms with van der Waals surface area (Å²) in [7, 11) is 1.58. The second-order valence-electron chi connectivity index (χ2n) is 5.88. The van der Waals surface area contributed by atoms with Crippen molar-refractivity contribution >= 4 is 23.2 Å². The van der Waals surface area contributed by atoms with Gasteiger partial charge in [0, 0.05) is 11.6 Å². The molecule has 0 aliphatic carbocycles. The molecular weight excluding hydrogens is 366 g/mol. The fourth-order valence-electron chi connectivity index (χ4n) is 2.55. The minimum absolute atomic E-state index is 0.372. The van der Waals surface area contributed by atoms with Crippen molar-refractivity contribution in [3.05, 3.63) is 76.0 Å². The Kier molecular flexibility index (Phi) is 5.57. The van der Waals surface area contributed by atoms with Gasteiger partial charge in [-0.1, -0.05) is 35.9 Å². The topological polar surface area (TPSA) is 73.2 Å². The first-order valence-electron chi connectivity index (χ1n) is 8.29. The Bertz CT molecular complexity index is 1030. The fourth-order valence-corrected chi connectivity index (χ4v) is 2.73. The number of aromatic nitrogens is 2. The van der Waals surface area contributed by atoms with Gasteiger partial charge in [-0.05, 0) is 37.3 Å².